The maximum Gasteiger partial charge on any atom is 0.271 e. The predicted molar refractivity (Wildman–Crippen MR) is 127 cm³/mol. The van der Waals surface area contributed by atoms with Gasteiger partial charge in [-0.1, -0.05) is 54.6 Å². The van der Waals surface area contributed by atoms with Crippen molar-refractivity contribution < 1.29 is 18.1 Å². The Balaban J connectivity index is 1.67. The molecule has 166 valence electrons. The van der Waals surface area contributed by atoms with E-state index in [-0.39, 0.29) is 16.3 Å². The van der Waals surface area contributed by atoms with Gasteiger partial charge in [0.1, 0.15) is 6.54 Å². The second-order valence-electron chi connectivity index (χ2n) is 7.21. The van der Waals surface area contributed by atoms with Gasteiger partial charge in [-0.3, -0.25) is 19.2 Å². The van der Waals surface area contributed by atoms with Crippen LogP contribution in [0.4, 0.5) is 17.1 Å². The Morgan fingerprint density at radius 2 is 1.55 bits per heavy atom. The highest BCUT2D eigenvalue weighted by molar-refractivity contribution is 7.92. The van der Waals surface area contributed by atoms with Crippen molar-refractivity contribution in [3.63, 3.8) is 0 Å². The van der Waals surface area contributed by atoms with Crippen molar-refractivity contribution in [1.29, 1.82) is 0 Å². The van der Waals surface area contributed by atoms with Gasteiger partial charge in [0.2, 0.25) is 5.91 Å². The molecule has 0 aliphatic rings. The summed E-state index contributed by atoms with van der Waals surface area (Å²) >= 11 is 0. The fourth-order valence-corrected chi connectivity index (χ4v) is 4.83. The summed E-state index contributed by atoms with van der Waals surface area (Å²) < 4.78 is 27.6. The van der Waals surface area contributed by atoms with Gasteiger partial charge >= 0.3 is 0 Å². The number of amides is 1. The SMILES string of the molecule is O=C(CN(c1cccc([N+](=O)[O-])c1)S(=O)(=O)c1ccccc1)Nc1ccc2ccccc2c1. The largest absolute Gasteiger partial charge is 0.324 e. The molecule has 0 saturated heterocycles. The number of carbonyl (C=O) groups excluding carboxylic acids is 1. The minimum absolute atomic E-state index is 0.0155. The summed E-state index contributed by atoms with van der Waals surface area (Å²) in [6.07, 6.45) is 0. The zero-order valence-corrected chi connectivity index (χ0v) is 18.1. The minimum atomic E-state index is -4.17. The van der Waals surface area contributed by atoms with Crippen molar-refractivity contribution in [2.24, 2.45) is 0 Å². The first-order chi connectivity index (χ1) is 15.8. The first-order valence-corrected chi connectivity index (χ1v) is 11.4. The molecule has 1 N–H and O–H groups in total. The minimum Gasteiger partial charge on any atom is -0.324 e. The molecule has 1 amide bonds. The molecule has 4 aromatic rings. The average molecular weight is 461 g/mol. The second-order valence-corrected chi connectivity index (χ2v) is 9.07. The van der Waals surface area contributed by atoms with Crippen molar-refractivity contribution in [1.82, 2.24) is 0 Å². The number of carbonyl (C=O) groups is 1. The number of nitro groups is 1. The van der Waals surface area contributed by atoms with E-state index in [1.54, 1.807) is 30.3 Å². The van der Waals surface area contributed by atoms with E-state index >= 15 is 0 Å². The van der Waals surface area contributed by atoms with Gasteiger partial charge in [-0.2, -0.15) is 0 Å². The third kappa shape index (κ3) is 4.83. The number of nitrogens with one attached hydrogen (secondary N) is 1. The molecule has 0 atom stereocenters. The number of nitrogens with zero attached hydrogens (tertiary/aromatic N) is 2. The first-order valence-electron chi connectivity index (χ1n) is 9.95. The summed E-state index contributed by atoms with van der Waals surface area (Å²) in [6.45, 7) is -0.564. The van der Waals surface area contributed by atoms with E-state index in [0.717, 1.165) is 21.1 Å². The molecule has 9 heteroatoms. The van der Waals surface area contributed by atoms with Crippen LogP contribution in [-0.2, 0) is 14.8 Å². The van der Waals surface area contributed by atoms with Crippen LogP contribution < -0.4 is 9.62 Å². The second kappa shape index (κ2) is 9.09. The molecule has 0 aromatic heterocycles. The van der Waals surface area contributed by atoms with Crippen LogP contribution in [-0.4, -0.2) is 25.8 Å². The van der Waals surface area contributed by atoms with Gasteiger partial charge in [-0.05, 0) is 41.1 Å². The van der Waals surface area contributed by atoms with E-state index in [9.17, 15) is 23.3 Å². The molecular formula is C24H19N3O5S. The molecular weight excluding hydrogens is 442 g/mol. The summed E-state index contributed by atoms with van der Waals surface area (Å²) in [7, 11) is -4.17. The molecule has 0 saturated carbocycles. The van der Waals surface area contributed by atoms with Gasteiger partial charge in [-0.15, -0.1) is 0 Å². The van der Waals surface area contributed by atoms with Crippen LogP contribution in [0.25, 0.3) is 10.8 Å². The van der Waals surface area contributed by atoms with Gasteiger partial charge in [0.15, 0.2) is 0 Å². The van der Waals surface area contributed by atoms with E-state index in [1.165, 1.54) is 30.3 Å². The van der Waals surface area contributed by atoms with Crippen molar-refractivity contribution in [3.8, 4) is 0 Å². The van der Waals surface area contributed by atoms with Gasteiger partial charge < -0.3 is 5.32 Å². The molecule has 33 heavy (non-hydrogen) atoms. The third-order valence-corrected chi connectivity index (χ3v) is 6.77. The van der Waals surface area contributed by atoms with Gasteiger partial charge in [0.25, 0.3) is 15.7 Å². The Bertz CT molecular complexity index is 1440. The number of non-ortho nitro benzene ring substituents is 1. The zero-order chi connectivity index (χ0) is 23.4. The van der Waals surface area contributed by atoms with Crippen LogP contribution in [0.2, 0.25) is 0 Å². The van der Waals surface area contributed by atoms with Crippen LogP contribution >= 0.6 is 0 Å². The molecule has 0 unspecified atom stereocenters. The van der Waals surface area contributed by atoms with E-state index in [4.69, 9.17) is 0 Å². The summed E-state index contributed by atoms with van der Waals surface area (Å²) in [5.41, 5.74) is 0.243. The highest BCUT2D eigenvalue weighted by atomic mass is 32.2. The number of hydrogen-bond acceptors (Lipinski definition) is 5. The Kier molecular flexibility index (Phi) is 6.05. The molecule has 0 heterocycles. The van der Waals surface area contributed by atoms with Gasteiger partial charge in [0.05, 0.1) is 15.5 Å². The number of benzene rings is 4. The van der Waals surface area contributed by atoms with Crippen LogP contribution in [0.15, 0.2) is 102 Å². The Morgan fingerprint density at radius 1 is 0.848 bits per heavy atom. The summed E-state index contributed by atoms with van der Waals surface area (Å²) in [5, 5.41) is 15.9. The molecule has 0 aliphatic heterocycles. The van der Waals surface area contributed by atoms with E-state index < -0.39 is 27.4 Å². The molecule has 0 aliphatic carbocycles. The molecule has 0 bridgehead atoms. The lowest BCUT2D eigenvalue weighted by atomic mass is 10.1. The third-order valence-electron chi connectivity index (χ3n) is 4.98. The molecule has 4 rings (SSSR count). The average Bonchev–Trinajstić information content (AvgIpc) is 2.83. The molecule has 4 aromatic carbocycles. The van der Waals surface area contributed by atoms with Crippen LogP contribution in [0.5, 0.6) is 0 Å². The number of rotatable bonds is 7. The van der Waals surface area contributed by atoms with Crippen molar-refractivity contribution in [3.05, 3.63) is 107 Å². The fraction of sp³-hybridized carbons (Fsp3) is 0.0417. The standard InChI is InChI=1S/C24H19N3O5S/c28-24(25-20-14-13-18-7-4-5-8-19(18)15-20)17-26(21-9-6-10-22(16-21)27(29)30)33(31,32)23-11-2-1-3-12-23/h1-16H,17H2,(H,25,28). The van der Waals surface area contributed by atoms with Crippen LogP contribution in [0, 0.1) is 10.1 Å². The fourth-order valence-electron chi connectivity index (χ4n) is 3.39. The smallest absolute Gasteiger partial charge is 0.271 e. The Hall–Kier alpha value is -4.24. The monoisotopic (exact) mass is 461 g/mol. The summed E-state index contributed by atoms with van der Waals surface area (Å²) in [6, 6.07) is 25.8. The highest BCUT2D eigenvalue weighted by Crippen LogP contribution is 2.27. The maximum absolute atomic E-state index is 13.4. The van der Waals surface area contributed by atoms with Crippen molar-refractivity contribution >= 4 is 43.8 Å². The molecule has 0 fully saturated rings. The predicted octanol–water partition coefficient (Wildman–Crippen LogP) is 4.58. The highest BCUT2D eigenvalue weighted by Gasteiger charge is 2.28. The number of hydrogen-bond donors (Lipinski definition) is 1. The Morgan fingerprint density at radius 3 is 2.27 bits per heavy atom. The van der Waals surface area contributed by atoms with Crippen LogP contribution in [0.3, 0.4) is 0 Å². The number of fused-ring (bicyclic) bond motifs is 1. The topological polar surface area (TPSA) is 110 Å². The summed E-state index contributed by atoms with van der Waals surface area (Å²) in [5.74, 6) is -0.587. The van der Waals surface area contributed by atoms with E-state index in [0.29, 0.717) is 5.69 Å². The van der Waals surface area contributed by atoms with Crippen molar-refractivity contribution in [2.75, 3.05) is 16.2 Å². The number of nitro benzene ring substituents is 1. The first kappa shape index (κ1) is 22.0. The number of sulfonamides is 1. The van der Waals surface area contributed by atoms with Crippen molar-refractivity contribution in [2.45, 2.75) is 4.90 Å². The van der Waals surface area contributed by atoms with Gasteiger partial charge in [-0.25, -0.2) is 8.42 Å². The quantitative estimate of drug-likeness (QED) is 0.320. The van der Waals surface area contributed by atoms with Gasteiger partial charge in [0, 0.05) is 17.8 Å². The van der Waals surface area contributed by atoms with E-state index in [1.807, 2.05) is 30.3 Å². The molecule has 8 nitrogen and oxygen atoms in total. The summed E-state index contributed by atoms with van der Waals surface area (Å²) in [4.78, 5) is 23.5. The maximum atomic E-state index is 13.4. The normalized spacial score (nSPS) is 11.2. The number of anilines is 2. The lowest BCUT2D eigenvalue weighted by molar-refractivity contribution is -0.384. The lowest BCUT2D eigenvalue weighted by Gasteiger charge is -2.24. The van der Waals surface area contributed by atoms with E-state index in [2.05, 4.69) is 5.32 Å². The molecule has 0 radical (unpaired) electrons. The molecule has 0 spiro atoms. The van der Waals surface area contributed by atoms with Crippen LogP contribution in [0.1, 0.15) is 0 Å². The zero-order valence-electron chi connectivity index (χ0n) is 17.3. The lowest BCUT2D eigenvalue weighted by Crippen LogP contribution is -2.38. The Labute approximate surface area is 190 Å².